The minimum absolute atomic E-state index is 0.0398. The topological polar surface area (TPSA) is 29.5 Å². The van der Waals surface area contributed by atoms with Crippen molar-refractivity contribution in [3.63, 3.8) is 0 Å². The van der Waals surface area contributed by atoms with Crippen molar-refractivity contribution in [2.75, 3.05) is 26.7 Å². The first-order valence-electron chi connectivity index (χ1n) is 6.01. The Hall–Kier alpha value is -0.570. The number of carbonyl (C=O) groups is 1. The van der Waals surface area contributed by atoms with Gasteiger partial charge in [0.2, 0.25) is 0 Å². The number of esters is 1. The second-order valence-corrected chi connectivity index (χ2v) is 4.45. The van der Waals surface area contributed by atoms with E-state index in [0.717, 1.165) is 32.0 Å². The van der Waals surface area contributed by atoms with E-state index in [1.54, 1.807) is 0 Å². The second kappa shape index (κ2) is 6.11. The van der Waals surface area contributed by atoms with Crippen LogP contribution in [0.3, 0.4) is 0 Å². The summed E-state index contributed by atoms with van der Waals surface area (Å²) in [6, 6.07) is 0. The molecule has 1 aliphatic heterocycles. The maximum absolute atomic E-state index is 11.3. The van der Waals surface area contributed by atoms with Gasteiger partial charge in [0.15, 0.2) is 0 Å². The molecule has 3 nitrogen and oxygen atoms in total. The van der Waals surface area contributed by atoms with E-state index in [0.29, 0.717) is 0 Å². The number of rotatable bonds is 5. The van der Waals surface area contributed by atoms with E-state index >= 15 is 0 Å². The van der Waals surface area contributed by atoms with E-state index in [4.69, 9.17) is 4.74 Å². The highest BCUT2D eigenvalue weighted by atomic mass is 16.5. The molecule has 15 heavy (non-hydrogen) atoms. The second-order valence-electron chi connectivity index (χ2n) is 4.45. The Labute approximate surface area is 92.8 Å². The Kier molecular flexibility index (Phi) is 5.09. The summed E-state index contributed by atoms with van der Waals surface area (Å²) in [6.45, 7) is 7.56. The predicted octanol–water partition coefficient (Wildman–Crippen LogP) is 1.92. The molecule has 1 aliphatic rings. The molecular formula is C12H23NO2. The van der Waals surface area contributed by atoms with Crippen LogP contribution in [-0.4, -0.2) is 37.6 Å². The van der Waals surface area contributed by atoms with Gasteiger partial charge in [0, 0.05) is 13.1 Å². The van der Waals surface area contributed by atoms with E-state index in [1.807, 2.05) is 0 Å². The molecule has 1 saturated heterocycles. The summed E-state index contributed by atoms with van der Waals surface area (Å²) in [6.07, 6.45) is 3.43. The minimum Gasteiger partial charge on any atom is -0.469 e. The molecule has 1 rings (SSSR count). The Bertz CT molecular complexity index is 202. The number of hydrogen-bond donors (Lipinski definition) is 0. The van der Waals surface area contributed by atoms with Crippen LogP contribution in [0.2, 0.25) is 0 Å². The normalized spacial score (nSPS) is 22.3. The smallest absolute Gasteiger partial charge is 0.310 e. The Balaban J connectivity index is 2.33. The van der Waals surface area contributed by atoms with Gasteiger partial charge in [0.25, 0.3) is 0 Å². The number of nitrogens with zero attached hydrogens (tertiary/aromatic N) is 1. The zero-order chi connectivity index (χ0) is 11.3. The van der Waals surface area contributed by atoms with Gasteiger partial charge in [-0.3, -0.25) is 4.79 Å². The molecule has 0 bridgehead atoms. The summed E-state index contributed by atoms with van der Waals surface area (Å²) in [4.78, 5) is 13.7. The number of hydrogen-bond acceptors (Lipinski definition) is 3. The van der Waals surface area contributed by atoms with Gasteiger partial charge in [-0.25, -0.2) is 0 Å². The van der Waals surface area contributed by atoms with Gasteiger partial charge in [0.05, 0.1) is 13.0 Å². The van der Waals surface area contributed by atoms with Gasteiger partial charge in [-0.1, -0.05) is 26.7 Å². The van der Waals surface area contributed by atoms with E-state index in [-0.39, 0.29) is 11.9 Å². The molecule has 0 N–H and O–H groups in total. The number of likely N-dealkylation sites (tertiary alicyclic amines) is 1. The lowest BCUT2D eigenvalue weighted by atomic mass is 10.0. The first-order chi connectivity index (χ1) is 7.21. The average molecular weight is 213 g/mol. The van der Waals surface area contributed by atoms with E-state index in [2.05, 4.69) is 18.7 Å². The molecule has 1 fully saturated rings. The fraction of sp³-hybridized carbons (Fsp3) is 0.917. The fourth-order valence-corrected chi connectivity index (χ4v) is 2.27. The fourth-order valence-electron chi connectivity index (χ4n) is 2.27. The highest BCUT2D eigenvalue weighted by molar-refractivity contribution is 5.72. The van der Waals surface area contributed by atoms with E-state index in [1.165, 1.54) is 20.0 Å². The maximum atomic E-state index is 11.3. The zero-order valence-corrected chi connectivity index (χ0v) is 10.2. The highest BCUT2D eigenvalue weighted by Gasteiger charge is 2.29. The van der Waals surface area contributed by atoms with Crippen molar-refractivity contribution in [3.05, 3.63) is 0 Å². The van der Waals surface area contributed by atoms with E-state index < -0.39 is 0 Å². The summed E-state index contributed by atoms with van der Waals surface area (Å²) in [5.41, 5.74) is 0. The van der Waals surface area contributed by atoms with Crippen molar-refractivity contribution >= 4 is 5.97 Å². The lowest BCUT2D eigenvalue weighted by Gasteiger charge is -2.21. The molecule has 0 radical (unpaired) electrons. The van der Waals surface area contributed by atoms with Crippen LogP contribution < -0.4 is 0 Å². The third kappa shape index (κ3) is 3.49. The average Bonchev–Trinajstić information content (AvgIpc) is 2.73. The van der Waals surface area contributed by atoms with Crippen LogP contribution in [0.5, 0.6) is 0 Å². The molecule has 1 heterocycles. The minimum atomic E-state index is -0.0398. The van der Waals surface area contributed by atoms with Crippen LogP contribution in [0.15, 0.2) is 0 Å². The first-order valence-corrected chi connectivity index (χ1v) is 6.01. The van der Waals surface area contributed by atoms with Gasteiger partial charge in [0.1, 0.15) is 0 Å². The van der Waals surface area contributed by atoms with Crippen LogP contribution in [0.4, 0.5) is 0 Å². The monoisotopic (exact) mass is 213 g/mol. The maximum Gasteiger partial charge on any atom is 0.310 e. The van der Waals surface area contributed by atoms with Gasteiger partial charge in [-0.2, -0.15) is 0 Å². The lowest BCUT2D eigenvalue weighted by Crippen LogP contribution is -2.28. The lowest BCUT2D eigenvalue weighted by molar-refractivity contribution is -0.144. The van der Waals surface area contributed by atoms with Crippen molar-refractivity contribution < 1.29 is 9.53 Å². The van der Waals surface area contributed by atoms with Crippen LogP contribution in [0, 0.1) is 11.8 Å². The third-order valence-electron chi connectivity index (χ3n) is 3.48. The van der Waals surface area contributed by atoms with Crippen molar-refractivity contribution in [1.82, 2.24) is 4.90 Å². The molecule has 1 atom stereocenters. The highest BCUT2D eigenvalue weighted by Crippen LogP contribution is 2.20. The van der Waals surface area contributed by atoms with Gasteiger partial charge < -0.3 is 9.64 Å². The molecule has 0 aliphatic carbocycles. The molecule has 0 aromatic heterocycles. The first kappa shape index (κ1) is 12.5. The largest absolute Gasteiger partial charge is 0.469 e. The summed E-state index contributed by atoms with van der Waals surface area (Å²) in [5, 5.41) is 0. The molecule has 0 spiro atoms. The summed E-state index contributed by atoms with van der Waals surface area (Å²) in [5.74, 6) is 0.854. The Morgan fingerprint density at radius 2 is 2.13 bits per heavy atom. The number of methoxy groups -OCH3 is 1. The predicted molar refractivity (Wildman–Crippen MR) is 60.6 cm³/mol. The van der Waals surface area contributed by atoms with Crippen LogP contribution >= 0.6 is 0 Å². The summed E-state index contributed by atoms with van der Waals surface area (Å²) < 4.78 is 4.77. The Morgan fingerprint density at radius 3 is 2.67 bits per heavy atom. The SMILES string of the molecule is CCC(CC)CN1CCC(C(=O)OC)C1. The number of carbonyl (C=O) groups excluding carboxylic acids is 1. The van der Waals surface area contributed by atoms with Crippen molar-refractivity contribution in [2.24, 2.45) is 11.8 Å². The van der Waals surface area contributed by atoms with Gasteiger partial charge in [-0.15, -0.1) is 0 Å². The molecule has 3 heteroatoms. The summed E-state index contributed by atoms with van der Waals surface area (Å²) in [7, 11) is 1.48. The van der Waals surface area contributed by atoms with Gasteiger partial charge >= 0.3 is 5.97 Å². The molecule has 88 valence electrons. The Morgan fingerprint density at radius 1 is 1.47 bits per heavy atom. The third-order valence-corrected chi connectivity index (χ3v) is 3.48. The van der Waals surface area contributed by atoms with Crippen LogP contribution in [0.1, 0.15) is 33.1 Å². The molecule has 0 aromatic rings. The van der Waals surface area contributed by atoms with Crippen molar-refractivity contribution in [3.8, 4) is 0 Å². The molecule has 0 aromatic carbocycles. The molecule has 1 unspecified atom stereocenters. The zero-order valence-electron chi connectivity index (χ0n) is 10.2. The number of ether oxygens (including phenoxy) is 1. The van der Waals surface area contributed by atoms with Crippen LogP contribution in [-0.2, 0) is 9.53 Å². The van der Waals surface area contributed by atoms with Crippen molar-refractivity contribution in [2.45, 2.75) is 33.1 Å². The standard InChI is InChI=1S/C12H23NO2/c1-4-10(5-2)8-13-7-6-11(9-13)12(14)15-3/h10-11H,4-9H2,1-3H3. The molecule has 0 amide bonds. The van der Waals surface area contributed by atoms with E-state index in [9.17, 15) is 4.79 Å². The quantitative estimate of drug-likeness (QED) is 0.653. The molecular weight excluding hydrogens is 190 g/mol. The van der Waals surface area contributed by atoms with Gasteiger partial charge in [-0.05, 0) is 18.9 Å². The van der Waals surface area contributed by atoms with Crippen LogP contribution in [0.25, 0.3) is 0 Å². The van der Waals surface area contributed by atoms with Crippen molar-refractivity contribution in [1.29, 1.82) is 0 Å². The molecule has 0 saturated carbocycles. The summed E-state index contributed by atoms with van der Waals surface area (Å²) >= 11 is 0.